The number of alkyl halides is 3. The maximum atomic E-state index is 12.2. The molecule has 0 spiro atoms. The summed E-state index contributed by atoms with van der Waals surface area (Å²) in [5.74, 6) is -0.462. The largest absolute Gasteiger partial charge is 0.484 e. The molecular formula is C19H18F3N3O4S. The van der Waals surface area contributed by atoms with Crippen LogP contribution in [0, 0.1) is 11.3 Å². The molecule has 0 aliphatic heterocycles. The minimum absolute atomic E-state index is 0.0210. The fraction of sp³-hybridized carbons (Fsp3) is 0.263. The normalized spacial score (nSPS) is 11.5. The van der Waals surface area contributed by atoms with Crippen molar-refractivity contribution in [1.29, 1.82) is 5.26 Å². The maximum Gasteiger partial charge on any atom is 0.422 e. The van der Waals surface area contributed by atoms with Crippen molar-refractivity contribution in [2.75, 3.05) is 13.2 Å². The van der Waals surface area contributed by atoms with Gasteiger partial charge in [0.05, 0.1) is 11.0 Å². The highest BCUT2D eigenvalue weighted by atomic mass is 32.2. The Morgan fingerprint density at radius 3 is 2.47 bits per heavy atom. The molecule has 2 N–H and O–H groups in total. The minimum atomic E-state index is -4.45. The van der Waals surface area contributed by atoms with E-state index in [1.165, 1.54) is 42.5 Å². The van der Waals surface area contributed by atoms with Gasteiger partial charge in [-0.3, -0.25) is 4.79 Å². The van der Waals surface area contributed by atoms with Crippen LogP contribution < -0.4 is 14.8 Å². The summed E-state index contributed by atoms with van der Waals surface area (Å²) in [6, 6.07) is 12.9. The summed E-state index contributed by atoms with van der Waals surface area (Å²) in [7, 11) is -3.78. The Bertz CT molecular complexity index is 1020. The van der Waals surface area contributed by atoms with Gasteiger partial charge in [0.1, 0.15) is 5.75 Å². The fourth-order valence-electron chi connectivity index (χ4n) is 2.30. The number of rotatable bonds is 9. The van der Waals surface area contributed by atoms with E-state index in [0.717, 1.165) is 0 Å². The number of hydrogen-bond donors (Lipinski definition) is 2. The Labute approximate surface area is 171 Å². The maximum absolute atomic E-state index is 12.2. The molecule has 160 valence electrons. The summed E-state index contributed by atoms with van der Waals surface area (Å²) in [4.78, 5) is 12.2. The number of benzene rings is 2. The zero-order chi connectivity index (χ0) is 22.2. The number of sulfonamides is 1. The first-order valence-electron chi connectivity index (χ1n) is 8.64. The van der Waals surface area contributed by atoms with Gasteiger partial charge in [-0.1, -0.05) is 12.1 Å². The van der Waals surface area contributed by atoms with Crippen molar-refractivity contribution in [2.24, 2.45) is 0 Å². The minimum Gasteiger partial charge on any atom is -0.484 e. The lowest BCUT2D eigenvalue weighted by Gasteiger charge is -2.11. The highest BCUT2D eigenvalue weighted by Gasteiger charge is 2.28. The number of nitrogens with zero attached hydrogens (tertiary/aromatic N) is 1. The van der Waals surface area contributed by atoms with E-state index >= 15 is 0 Å². The van der Waals surface area contributed by atoms with Gasteiger partial charge in [-0.2, -0.15) is 18.4 Å². The molecule has 0 aliphatic carbocycles. The van der Waals surface area contributed by atoms with Gasteiger partial charge < -0.3 is 10.1 Å². The van der Waals surface area contributed by atoms with E-state index in [1.807, 2.05) is 6.07 Å². The topological polar surface area (TPSA) is 108 Å². The zero-order valence-corrected chi connectivity index (χ0v) is 16.4. The highest BCUT2D eigenvalue weighted by Crippen LogP contribution is 2.19. The van der Waals surface area contributed by atoms with Crippen LogP contribution in [0.15, 0.2) is 53.4 Å². The van der Waals surface area contributed by atoms with E-state index in [0.29, 0.717) is 5.56 Å². The Kier molecular flexibility index (Phi) is 7.79. The molecule has 2 aromatic carbocycles. The summed E-state index contributed by atoms with van der Waals surface area (Å²) >= 11 is 0. The Balaban J connectivity index is 1.95. The van der Waals surface area contributed by atoms with E-state index in [-0.39, 0.29) is 35.7 Å². The van der Waals surface area contributed by atoms with Gasteiger partial charge in [0.25, 0.3) is 5.91 Å². The van der Waals surface area contributed by atoms with Gasteiger partial charge in [-0.25, -0.2) is 13.1 Å². The molecule has 0 fully saturated rings. The van der Waals surface area contributed by atoms with Crippen LogP contribution in [0.2, 0.25) is 0 Å². The zero-order valence-electron chi connectivity index (χ0n) is 15.6. The first-order chi connectivity index (χ1) is 14.1. The number of carbonyl (C=O) groups is 1. The molecule has 11 heteroatoms. The number of amides is 1. The highest BCUT2D eigenvalue weighted by molar-refractivity contribution is 7.89. The summed E-state index contributed by atoms with van der Waals surface area (Å²) in [6.07, 6.45) is -4.42. The van der Waals surface area contributed by atoms with Crippen LogP contribution >= 0.6 is 0 Å². The summed E-state index contributed by atoms with van der Waals surface area (Å²) < 4.78 is 67.7. The fourth-order valence-corrected chi connectivity index (χ4v) is 3.34. The number of hydrogen-bond acceptors (Lipinski definition) is 5. The van der Waals surface area contributed by atoms with Crippen molar-refractivity contribution in [3.63, 3.8) is 0 Å². The Morgan fingerprint density at radius 1 is 1.13 bits per heavy atom. The van der Waals surface area contributed by atoms with Crippen LogP contribution in [0.5, 0.6) is 5.75 Å². The summed E-state index contributed by atoms with van der Waals surface area (Å²) in [5.41, 5.74) is 0.736. The summed E-state index contributed by atoms with van der Waals surface area (Å²) in [5, 5.41) is 11.1. The molecule has 0 heterocycles. The summed E-state index contributed by atoms with van der Waals surface area (Å²) in [6.45, 7) is -1.39. The van der Waals surface area contributed by atoms with Crippen LogP contribution in [0.4, 0.5) is 13.2 Å². The van der Waals surface area contributed by atoms with Gasteiger partial charge >= 0.3 is 6.18 Å². The lowest BCUT2D eigenvalue weighted by atomic mass is 10.2. The molecule has 0 saturated heterocycles. The van der Waals surface area contributed by atoms with Gasteiger partial charge in [-0.15, -0.1) is 0 Å². The monoisotopic (exact) mass is 441 g/mol. The van der Waals surface area contributed by atoms with Crippen LogP contribution in [0.1, 0.15) is 22.3 Å². The molecule has 2 rings (SSSR count). The van der Waals surface area contributed by atoms with Gasteiger partial charge in [-0.05, 0) is 42.0 Å². The van der Waals surface area contributed by atoms with Crippen LogP contribution in [0.3, 0.4) is 0 Å². The van der Waals surface area contributed by atoms with Gasteiger partial charge in [0.2, 0.25) is 10.0 Å². The van der Waals surface area contributed by atoms with Crippen molar-refractivity contribution >= 4 is 15.9 Å². The third kappa shape index (κ3) is 7.38. The molecule has 0 aliphatic rings. The average molecular weight is 441 g/mol. The smallest absolute Gasteiger partial charge is 0.422 e. The van der Waals surface area contributed by atoms with Crippen LogP contribution in [-0.4, -0.2) is 33.7 Å². The molecule has 0 bridgehead atoms. The number of nitrogens with one attached hydrogen (secondary N) is 2. The molecule has 0 radical (unpaired) electrons. The second kappa shape index (κ2) is 10.1. The van der Waals surface area contributed by atoms with Crippen molar-refractivity contribution in [3.8, 4) is 11.8 Å². The molecule has 0 unspecified atom stereocenters. The first kappa shape index (κ1) is 23.2. The second-order valence-electron chi connectivity index (χ2n) is 6.06. The van der Waals surface area contributed by atoms with Crippen molar-refractivity contribution in [3.05, 3.63) is 59.7 Å². The van der Waals surface area contributed by atoms with Gasteiger partial charge in [0.15, 0.2) is 6.61 Å². The SMILES string of the molecule is N#CCCNS(=O)(=O)c1ccc(C(=O)NCc2cccc(OCC(F)(F)F)c2)cc1. The predicted octanol–water partition coefficient (Wildman–Crippen LogP) is 2.75. The van der Waals surface area contributed by atoms with E-state index in [1.54, 1.807) is 6.07 Å². The van der Waals surface area contributed by atoms with Gasteiger partial charge in [0, 0.05) is 25.1 Å². The molecular weight excluding hydrogens is 423 g/mol. The molecule has 0 atom stereocenters. The lowest BCUT2D eigenvalue weighted by molar-refractivity contribution is -0.153. The molecule has 30 heavy (non-hydrogen) atoms. The number of ether oxygens (including phenoxy) is 1. The molecule has 7 nitrogen and oxygen atoms in total. The van der Waals surface area contributed by atoms with E-state index in [4.69, 9.17) is 5.26 Å². The van der Waals surface area contributed by atoms with E-state index in [2.05, 4.69) is 14.8 Å². The van der Waals surface area contributed by atoms with Crippen molar-refractivity contribution in [2.45, 2.75) is 24.0 Å². The third-order valence-electron chi connectivity index (χ3n) is 3.71. The third-order valence-corrected chi connectivity index (χ3v) is 5.19. The predicted molar refractivity (Wildman–Crippen MR) is 101 cm³/mol. The number of nitriles is 1. The Morgan fingerprint density at radius 2 is 1.83 bits per heavy atom. The molecule has 2 aromatic rings. The van der Waals surface area contributed by atoms with Crippen LogP contribution in [-0.2, 0) is 16.6 Å². The molecule has 0 aromatic heterocycles. The lowest BCUT2D eigenvalue weighted by Crippen LogP contribution is -2.25. The van der Waals surface area contributed by atoms with E-state index in [9.17, 15) is 26.4 Å². The Hall–Kier alpha value is -3.10. The van der Waals surface area contributed by atoms with E-state index < -0.39 is 28.7 Å². The first-order valence-corrected chi connectivity index (χ1v) is 10.1. The standard InChI is InChI=1S/C19H18F3N3O4S/c20-19(21,22)13-29-16-4-1-3-14(11-16)12-24-18(26)15-5-7-17(8-6-15)30(27,28)25-10-2-9-23/h1,3-8,11,25H,2,10,12-13H2,(H,24,26). The molecule has 1 amide bonds. The quantitative estimate of drug-likeness (QED) is 0.582. The van der Waals surface area contributed by atoms with Crippen LogP contribution in [0.25, 0.3) is 0 Å². The van der Waals surface area contributed by atoms with Crippen molar-refractivity contribution < 1.29 is 31.1 Å². The molecule has 0 saturated carbocycles. The number of carbonyl (C=O) groups excluding carboxylic acids is 1. The van der Waals surface area contributed by atoms with Crippen molar-refractivity contribution in [1.82, 2.24) is 10.0 Å². The number of halogens is 3. The second-order valence-corrected chi connectivity index (χ2v) is 7.83. The average Bonchev–Trinajstić information content (AvgIpc) is 2.70.